The molecule has 2 aliphatic rings. The highest BCUT2D eigenvalue weighted by molar-refractivity contribution is 6.32. The maximum Gasteiger partial charge on any atom is 0.231 e. The summed E-state index contributed by atoms with van der Waals surface area (Å²) < 4.78 is 0. The SMILES string of the molecule is O=C(C1CCCNC1)N1CCc2c(Cl)cccc21. The van der Waals surface area contributed by atoms with Crippen LogP contribution in [0.4, 0.5) is 5.69 Å². The van der Waals surface area contributed by atoms with Gasteiger partial charge in [-0.15, -0.1) is 0 Å². The Bertz CT molecular complexity index is 469. The Labute approximate surface area is 112 Å². The number of nitrogens with zero attached hydrogens (tertiary/aromatic N) is 1. The molecule has 1 unspecified atom stereocenters. The molecule has 3 nitrogen and oxygen atoms in total. The average molecular weight is 265 g/mol. The van der Waals surface area contributed by atoms with Crippen LogP contribution in [0.15, 0.2) is 18.2 Å². The van der Waals surface area contributed by atoms with Gasteiger partial charge in [0, 0.05) is 23.8 Å². The first-order valence-electron chi connectivity index (χ1n) is 6.57. The van der Waals surface area contributed by atoms with Gasteiger partial charge >= 0.3 is 0 Å². The van der Waals surface area contributed by atoms with Gasteiger partial charge in [0.05, 0.1) is 5.92 Å². The lowest BCUT2D eigenvalue weighted by molar-refractivity contribution is -0.122. The van der Waals surface area contributed by atoms with Crippen molar-refractivity contribution in [3.05, 3.63) is 28.8 Å². The molecule has 0 aromatic heterocycles. The fraction of sp³-hybridized carbons (Fsp3) is 0.500. The van der Waals surface area contributed by atoms with Gasteiger partial charge in [-0.25, -0.2) is 0 Å². The number of amides is 1. The van der Waals surface area contributed by atoms with E-state index in [4.69, 9.17) is 11.6 Å². The van der Waals surface area contributed by atoms with E-state index >= 15 is 0 Å². The van der Waals surface area contributed by atoms with Crippen LogP contribution >= 0.6 is 11.6 Å². The van der Waals surface area contributed by atoms with E-state index in [0.29, 0.717) is 0 Å². The van der Waals surface area contributed by atoms with Gasteiger partial charge in [0.15, 0.2) is 0 Å². The quantitative estimate of drug-likeness (QED) is 0.844. The third-order valence-electron chi connectivity index (χ3n) is 3.88. The van der Waals surface area contributed by atoms with Crippen molar-refractivity contribution in [2.45, 2.75) is 19.3 Å². The lowest BCUT2D eigenvalue weighted by Crippen LogP contribution is -2.42. The van der Waals surface area contributed by atoms with Gasteiger partial charge in [0.2, 0.25) is 5.91 Å². The Hall–Kier alpha value is -1.06. The number of carbonyl (C=O) groups excluding carboxylic acids is 1. The van der Waals surface area contributed by atoms with Crippen LogP contribution in [-0.2, 0) is 11.2 Å². The second kappa shape index (κ2) is 4.90. The second-order valence-electron chi connectivity index (χ2n) is 5.02. The Morgan fingerprint density at radius 1 is 1.44 bits per heavy atom. The van der Waals surface area contributed by atoms with E-state index in [1.54, 1.807) is 0 Å². The monoisotopic (exact) mass is 264 g/mol. The van der Waals surface area contributed by atoms with Crippen LogP contribution < -0.4 is 10.2 Å². The molecule has 2 heterocycles. The maximum absolute atomic E-state index is 12.5. The van der Waals surface area contributed by atoms with E-state index in [1.807, 2.05) is 23.1 Å². The molecule has 1 fully saturated rings. The van der Waals surface area contributed by atoms with E-state index in [-0.39, 0.29) is 11.8 Å². The average Bonchev–Trinajstić information content (AvgIpc) is 2.84. The first kappa shape index (κ1) is 12.0. The third kappa shape index (κ3) is 2.02. The zero-order valence-corrected chi connectivity index (χ0v) is 11.0. The fourth-order valence-electron chi connectivity index (χ4n) is 2.90. The highest BCUT2D eigenvalue weighted by Crippen LogP contribution is 2.34. The molecule has 18 heavy (non-hydrogen) atoms. The van der Waals surface area contributed by atoms with Crippen molar-refractivity contribution in [3.63, 3.8) is 0 Å². The predicted molar refractivity (Wildman–Crippen MR) is 73.1 cm³/mol. The molecule has 0 saturated carbocycles. The summed E-state index contributed by atoms with van der Waals surface area (Å²) >= 11 is 6.18. The van der Waals surface area contributed by atoms with Crippen LogP contribution in [0.2, 0.25) is 5.02 Å². The van der Waals surface area contributed by atoms with Gasteiger partial charge in [-0.3, -0.25) is 4.79 Å². The molecular weight excluding hydrogens is 248 g/mol. The molecule has 0 bridgehead atoms. The van der Waals surface area contributed by atoms with Crippen molar-refractivity contribution in [1.29, 1.82) is 0 Å². The van der Waals surface area contributed by atoms with Crippen molar-refractivity contribution in [2.75, 3.05) is 24.5 Å². The number of rotatable bonds is 1. The molecule has 2 aliphatic heterocycles. The molecule has 1 aromatic carbocycles. The smallest absolute Gasteiger partial charge is 0.231 e. The molecule has 4 heteroatoms. The standard InChI is InChI=1S/C14H17ClN2O/c15-12-4-1-5-13-11(12)6-8-17(13)14(18)10-3-2-7-16-9-10/h1,4-5,10,16H,2-3,6-9H2. The van der Waals surface area contributed by atoms with Gasteiger partial charge in [-0.2, -0.15) is 0 Å². The maximum atomic E-state index is 12.5. The molecule has 1 saturated heterocycles. The van der Waals surface area contributed by atoms with E-state index in [2.05, 4.69) is 5.32 Å². The summed E-state index contributed by atoms with van der Waals surface area (Å²) in [4.78, 5) is 14.4. The van der Waals surface area contributed by atoms with Crippen LogP contribution in [0.1, 0.15) is 18.4 Å². The van der Waals surface area contributed by atoms with E-state index in [1.165, 1.54) is 0 Å². The summed E-state index contributed by atoms with van der Waals surface area (Å²) in [6, 6.07) is 5.82. The topological polar surface area (TPSA) is 32.3 Å². The summed E-state index contributed by atoms with van der Waals surface area (Å²) in [6.07, 6.45) is 2.96. The number of hydrogen-bond donors (Lipinski definition) is 1. The van der Waals surface area contributed by atoms with E-state index in [9.17, 15) is 4.79 Å². The third-order valence-corrected chi connectivity index (χ3v) is 4.24. The minimum atomic E-state index is 0.128. The lowest BCUT2D eigenvalue weighted by Gasteiger charge is -2.27. The number of piperidine rings is 1. The Morgan fingerprint density at radius 3 is 3.11 bits per heavy atom. The highest BCUT2D eigenvalue weighted by Gasteiger charge is 2.31. The Balaban J connectivity index is 1.83. The van der Waals surface area contributed by atoms with Crippen LogP contribution in [-0.4, -0.2) is 25.5 Å². The summed E-state index contributed by atoms with van der Waals surface area (Å²) in [5.41, 5.74) is 2.13. The molecule has 1 amide bonds. The van der Waals surface area contributed by atoms with Crippen molar-refractivity contribution in [3.8, 4) is 0 Å². The number of anilines is 1. The molecule has 96 valence electrons. The molecule has 1 aromatic rings. The summed E-state index contributed by atoms with van der Waals surface area (Å²) in [5.74, 6) is 0.381. The Kier molecular flexibility index (Phi) is 3.27. The predicted octanol–water partition coefficient (Wildman–Crippen LogP) is 2.23. The number of nitrogens with one attached hydrogen (secondary N) is 1. The minimum absolute atomic E-state index is 0.128. The number of carbonyl (C=O) groups is 1. The van der Waals surface area contributed by atoms with Crippen LogP contribution in [0.5, 0.6) is 0 Å². The normalized spacial score (nSPS) is 22.9. The van der Waals surface area contributed by atoms with Gasteiger partial charge in [0.25, 0.3) is 0 Å². The van der Waals surface area contributed by atoms with Crippen LogP contribution in [0.3, 0.4) is 0 Å². The van der Waals surface area contributed by atoms with E-state index < -0.39 is 0 Å². The largest absolute Gasteiger partial charge is 0.316 e. The number of hydrogen-bond acceptors (Lipinski definition) is 2. The Morgan fingerprint density at radius 2 is 2.33 bits per heavy atom. The van der Waals surface area contributed by atoms with Crippen LogP contribution in [0.25, 0.3) is 0 Å². The van der Waals surface area contributed by atoms with Crippen LogP contribution in [0, 0.1) is 5.92 Å². The van der Waals surface area contributed by atoms with Crippen molar-refractivity contribution >= 4 is 23.2 Å². The molecule has 1 N–H and O–H groups in total. The lowest BCUT2D eigenvalue weighted by atomic mass is 9.98. The molecule has 0 aliphatic carbocycles. The first-order chi connectivity index (χ1) is 8.77. The van der Waals surface area contributed by atoms with Gasteiger partial charge in [-0.05, 0) is 43.5 Å². The summed E-state index contributed by atoms with van der Waals surface area (Å²) in [6.45, 7) is 2.62. The number of fused-ring (bicyclic) bond motifs is 1. The fourth-order valence-corrected chi connectivity index (χ4v) is 3.17. The zero-order valence-electron chi connectivity index (χ0n) is 10.3. The van der Waals surface area contributed by atoms with Gasteiger partial charge in [-0.1, -0.05) is 17.7 Å². The van der Waals surface area contributed by atoms with Gasteiger partial charge < -0.3 is 10.2 Å². The second-order valence-corrected chi connectivity index (χ2v) is 5.43. The minimum Gasteiger partial charge on any atom is -0.316 e. The van der Waals surface area contributed by atoms with Crippen molar-refractivity contribution < 1.29 is 4.79 Å². The zero-order chi connectivity index (χ0) is 12.5. The molecule has 1 atom stereocenters. The van der Waals surface area contributed by atoms with Crippen molar-refractivity contribution in [2.24, 2.45) is 5.92 Å². The molecule has 0 radical (unpaired) electrons. The number of benzene rings is 1. The summed E-state index contributed by atoms with van der Waals surface area (Å²) in [7, 11) is 0. The number of halogens is 1. The van der Waals surface area contributed by atoms with Gasteiger partial charge in [0.1, 0.15) is 0 Å². The molecule has 3 rings (SSSR count). The first-order valence-corrected chi connectivity index (χ1v) is 6.94. The molecule has 0 spiro atoms. The molecular formula is C14H17ClN2O. The van der Waals surface area contributed by atoms with E-state index in [0.717, 1.165) is 55.2 Å². The highest BCUT2D eigenvalue weighted by atomic mass is 35.5. The van der Waals surface area contributed by atoms with Crippen molar-refractivity contribution in [1.82, 2.24) is 5.32 Å². The summed E-state index contributed by atoms with van der Waals surface area (Å²) in [5, 5.41) is 4.08.